The van der Waals surface area contributed by atoms with E-state index in [0.29, 0.717) is 29.9 Å². The Balaban J connectivity index is 1.67. The number of carbonyl (C=O) groups excluding carboxylic acids is 2. The van der Waals surface area contributed by atoms with Gasteiger partial charge in [-0.15, -0.1) is 0 Å². The number of thioether (sulfide) groups is 1. The summed E-state index contributed by atoms with van der Waals surface area (Å²) in [5, 5.41) is 2.28. The lowest BCUT2D eigenvalue weighted by Gasteiger charge is -2.26. The number of hydrogen-bond acceptors (Lipinski definition) is 3. The summed E-state index contributed by atoms with van der Waals surface area (Å²) in [6.45, 7) is 3.20. The van der Waals surface area contributed by atoms with Crippen molar-refractivity contribution < 1.29 is 22.8 Å². The summed E-state index contributed by atoms with van der Waals surface area (Å²) < 4.78 is 38.9. The van der Waals surface area contributed by atoms with Gasteiger partial charge < -0.3 is 10.2 Å². The predicted octanol–water partition coefficient (Wildman–Crippen LogP) is 5.51. The van der Waals surface area contributed by atoms with Gasteiger partial charge in [0.15, 0.2) is 0 Å². The van der Waals surface area contributed by atoms with Crippen LogP contribution < -0.4 is 5.32 Å². The van der Waals surface area contributed by atoms with Crippen LogP contribution in [0.4, 0.5) is 18.9 Å². The van der Waals surface area contributed by atoms with E-state index in [2.05, 4.69) is 5.32 Å². The SMILES string of the molecule is Cc1cc(C(=O)N2CCSCC2)ccc1NC(=O)/C=C/c1ccc(Cl)c(C(F)(F)F)c1. The first kappa shape index (κ1) is 23.2. The highest BCUT2D eigenvalue weighted by Crippen LogP contribution is 2.35. The molecule has 1 N–H and O–H groups in total. The second kappa shape index (κ2) is 9.78. The van der Waals surface area contributed by atoms with E-state index < -0.39 is 22.7 Å². The van der Waals surface area contributed by atoms with Gasteiger partial charge in [0.25, 0.3) is 5.91 Å². The fourth-order valence-electron chi connectivity index (χ4n) is 3.10. The maximum Gasteiger partial charge on any atom is 0.417 e. The fourth-order valence-corrected chi connectivity index (χ4v) is 4.22. The number of aryl methyl sites for hydroxylation is 1. The van der Waals surface area contributed by atoms with Gasteiger partial charge in [-0.2, -0.15) is 24.9 Å². The first-order valence-electron chi connectivity index (χ1n) is 9.48. The lowest BCUT2D eigenvalue weighted by Crippen LogP contribution is -2.37. The number of nitrogens with one attached hydrogen (secondary N) is 1. The van der Waals surface area contributed by atoms with E-state index in [1.165, 1.54) is 12.1 Å². The average molecular weight is 469 g/mol. The minimum Gasteiger partial charge on any atom is -0.337 e. The second-order valence-electron chi connectivity index (χ2n) is 6.99. The molecule has 1 aliphatic rings. The molecular weight excluding hydrogens is 449 g/mol. The maximum atomic E-state index is 13.0. The van der Waals surface area contributed by atoms with Crippen LogP contribution >= 0.6 is 23.4 Å². The summed E-state index contributed by atoms with van der Waals surface area (Å²) in [6.07, 6.45) is -2.15. The number of anilines is 1. The Morgan fingerprint density at radius 1 is 1.13 bits per heavy atom. The van der Waals surface area contributed by atoms with Crippen LogP contribution in [0.1, 0.15) is 27.0 Å². The molecule has 1 heterocycles. The molecule has 2 amide bonds. The summed E-state index contributed by atoms with van der Waals surface area (Å²) in [5.41, 5.74) is 1.03. The molecule has 9 heteroatoms. The molecule has 1 fully saturated rings. The number of halogens is 4. The highest BCUT2D eigenvalue weighted by Gasteiger charge is 2.33. The van der Waals surface area contributed by atoms with Crippen molar-refractivity contribution in [2.45, 2.75) is 13.1 Å². The van der Waals surface area contributed by atoms with Crippen molar-refractivity contribution >= 4 is 46.9 Å². The van der Waals surface area contributed by atoms with Gasteiger partial charge in [0.1, 0.15) is 0 Å². The van der Waals surface area contributed by atoms with Crippen LogP contribution in [0.25, 0.3) is 6.08 Å². The summed E-state index contributed by atoms with van der Waals surface area (Å²) >= 11 is 7.42. The minimum atomic E-state index is -4.58. The number of hydrogen-bond donors (Lipinski definition) is 1. The van der Waals surface area contributed by atoms with E-state index in [-0.39, 0.29) is 11.5 Å². The fraction of sp³-hybridized carbons (Fsp3) is 0.273. The van der Waals surface area contributed by atoms with E-state index in [1.54, 1.807) is 25.1 Å². The van der Waals surface area contributed by atoms with Crippen molar-refractivity contribution in [3.05, 3.63) is 69.8 Å². The minimum absolute atomic E-state index is 0.0376. The van der Waals surface area contributed by atoms with Gasteiger partial charge in [-0.1, -0.05) is 17.7 Å². The zero-order chi connectivity index (χ0) is 22.6. The largest absolute Gasteiger partial charge is 0.417 e. The number of amides is 2. The molecule has 0 bridgehead atoms. The van der Waals surface area contributed by atoms with Crippen molar-refractivity contribution in [1.82, 2.24) is 4.90 Å². The molecule has 2 aromatic carbocycles. The zero-order valence-corrected chi connectivity index (χ0v) is 18.2. The van der Waals surface area contributed by atoms with E-state index >= 15 is 0 Å². The first-order valence-corrected chi connectivity index (χ1v) is 11.0. The normalized spacial score (nSPS) is 14.7. The van der Waals surface area contributed by atoms with Crippen LogP contribution in [-0.2, 0) is 11.0 Å². The van der Waals surface area contributed by atoms with Crippen LogP contribution in [0.3, 0.4) is 0 Å². The van der Waals surface area contributed by atoms with Gasteiger partial charge in [0.05, 0.1) is 10.6 Å². The lowest BCUT2D eigenvalue weighted by atomic mass is 10.1. The molecule has 0 aliphatic carbocycles. The molecule has 3 rings (SSSR count). The monoisotopic (exact) mass is 468 g/mol. The van der Waals surface area contributed by atoms with E-state index in [4.69, 9.17) is 11.6 Å². The Morgan fingerprint density at radius 3 is 2.48 bits per heavy atom. The Kier molecular flexibility index (Phi) is 7.33. The summed E-state index contributed by atoms with van der Waals surface area (Å²) in [6, 6.07) is 8.45. The molecule has 1 saturated heterocycles. The first-order chi connectivity index (χ1) is 14.6. The topological polar surface area (TPSA) is 49.4 Å². The Labute approximate surface area is 187 Å². The van der Waals surface area contributed by atoms with Gasteiger partial charge in [-0.3, -0.25) is 9.59 Å². The second-order valence-corrected chi connectivity index (χ2v) is 8.63. The third kappa shape index (κ3) is 6.04. The summed E-state index contributed by atoms with van der Waals surface area (Å²) in [5.74, 6) is 1.30. The number of alkyl halides is 3. The zero-order valence-electron chi connectivity index (χ0n) is 16.6. The molecule has 0 atom stereocenters. The van der Waals surface area contributed by atoms with Crippen LogP contribution in [0.5, 0.6) is 0 Å². The molecule has 164 valence electrons. The van der Waals surface area contributed by atoms with Gasteiger partial charge in [0, 0.05) is 41.9 Å². The smallest absolute Gasteiger partial charge is 0.337 e. The van der Waals surface area contributed by atoms with Crippen molar-refractivity contribution in [3.8, 4) is 0 Å². The van der Waals surface area contributed by atoms with Crippen molar-refractivity contribution in [1.29, 1.82) is 0 Å². The molecular formula is C22H20ClF3N2O2S. The van der Waals surface area contributed by atoms with Gasteiger partial charge in [-0.25, -0.2) is 0 Å². The molecule has 2 aromatic rings. The van der Waals surface area contributed by atoms with Crippen molar-refractivity contribution in [3.63, 3.8) is 0 Å². The number of rotatable bonds is 4. The standard InChI is InChI=1S/C22H20ClF3N2O2S/c1-14-12-16(21(30)28-8-10-31-11-9-28)4-6-19(14)27-20(29)7-3-15-2-5-18(23)17(13-15)22(24,25)26/h2-7,12-13H,8-11H2,1H3,(H,27,29)/b7-3+. The molecule has 0 aromatic heterocycles. The van der Waals surface area contributed by atoms with E-state index in [9.17, 15) is 22.8 Å². The molecule has 31 heavy (non-hydrogen) atoms. The quantitative estimate of drug-likeness (QED) is 0.602. The van der Waals surface area contributed by atoms with Crippen LogP contribution in [0.15, 0.2) is 42.5 Å². The van der Waals surface area contributed by atoms with E-state index in [0.717, 1.165) is 29.7 Å². The Morgan fingerprint density at radius 2 is 1.84 bits per heavy atom. The number of nitrogens with zero attached hydrogens (tertiary/aromatic N) is 1. The molecule has 0 unspecified atom stereocenters. The van der Waals surface area contributed by atoms with Gasteiger partial charge in [0.2, 0.25) is 5.91 Å². The maximum absolute atomic E-state index is 13.0. The molecule has 4 nitrogen and oxygen atoms in total. The summed E-state index contributed by atoms with van der Waals surface area (Å²) in [4.78, 5) is 26.6. The third-order valence-corrected chi connectivity index (χ3v) is 6.02. The van der Waals surface area contributed by atoms with Gasteiger partial charge >= 0.3 is 6.18 Å². The summed E-state index contributed by atoms with van der Waals surface area (Å²) in [7, 11) is 0. The van der Waals surface area contributed by atoms with Crippen LogP contribution in [0.2, 0.25) is 5.02 Å². The van der Waals surface area contributed by atoms with Crippen LogP contribution in [0, 0.1) is 6.92 Å². The van der Waals surface area contributed by atoms with Crippen LogP contribution in [-0.4, -0.2) is 41.3 Å². The third-order valence-electron chi connectivity index (χ3n) is 4.75. The van der Waals surface area contributed by atoms with Crippen molar-refractivity contribution in [2.24, 2.45) is 0 Å². The predicted molar refractivity (Wildman–Crippen MR) is 119 cm³/mol. The number of benzene rings is 2. The highest BCUT2D eigenvalue weighted by molar-refractivity contribution is 7.99. The molecule has 0 saturated carbocycles. The Hall–Kier alpha value is -2.45. The highest BCUT2D eigenvalue weighted by atomic mass is 35.5. The van der Waals surface area contributed by atoms with E-state index in [1.807, 2.05) is 16.7 Å². The average Bonchev–Trinajstić information content (AvgIpc) is 2.74. The molecule has 0 radical (unpaired) electrons. The Bertz CT molecular complexity index is 1020. The van der Waals surface area contributed by atoms with Crippen molar-refractivity contribution in [2.75, 3.05) is 29.9 Å². The molecule has 0 spiro atoms. The lowest BCUT2D eigenvalue weighted by molar-refractivity contribution is -0.137. The number of carbonyl (C=O) groups is 2. The molecule has 1 aliphatic heterocycles. The van der Waals surface area contributed by atoms with Gasteiger partial charge in [-0.05, 0) is 54.5 Å².